The van der Waals surface area contributed by atoms with E-state index in [0.29, 0.717) is 12.2 Å². The zero-order chi connectivity index (χ0) is 14.4. The van der Waals surface area contributed by atoms with Crippen LogP contribution in [0.2, 0.25) is 0 Å². The third-order valence-corrected chi connectivity index (χ3v) is 4.61. The zero-order valence-electron chi connectivity index (χ0n) is 11.6. The van der Waals surface area contributed by atoms with Gasteiger partial charge in [0, 0.05) is 13.1 Å². The molecule has 0 saturated carbocycles. The van der Waals surface area contributed by atoms with Gasteiger partial charge in [-0.2, -0.15) is 9.61 Å². The molecule has 0 fully saturated rings. The summed E-state index contributed by atoms with van der Waals surface area (Å²) in [6.45, 7) is 3.27. The molecule has 6 heteroatoms. The molecule has 0 N–H and O–H groups in total. The maximum Gasteiger partial charge on any atom is 0.274 e. The molecule has 1 aromatic carbocycles. The summed E-state index contributed by atoms with van der Waals surface area (Å²) in [4.78, 5) is 19.9. The van der Waals surface area contributed by atoms with E-state index in [1.165, 1.54) is 22.5 Å². The second kappa shape index (κ2) is 4.66. The molecular weight excluding hydrogens is 284 g/mol. The fourth-order valence-electron chi connectivity index (χ4n) is 2.86. The van der Waals surface area contributed by atoms with Gasteiger partial charge in [0.25, 0.3) is 5.91 Å². The Morgan fingerprint density at radius 2 is 2.10 bits per heavy atom. The molecule has 1 amide bonds. The summed E-state index contributed by atoms with van der Waals surface area (Å²) in [6, 6.07) is 8.31. The Labute approximate surface area is 125 Å². The minimum Gasteiger partial charge on any atom is -0.333 e. The molecule has 0 aliphatic carbocycles. The number of fused-ring (bicyclic) bond motifs is 2. The molecule has 0 radical (unpaired) electrons. The van der Waals surface area contributed by atoms with Gasteiger partial charge in [0.15, 0.2) is 5.69 Å². The fraction of sp³-hybridized carbons (Fsp3) is 0.267. The quantitative estimate of drug-likeness (QED) is 0.692. The van der Waals surface area contributed by atoms with E-state index in [9.17, 15) is 4.79 Å². The lowest BCUT2D eigenvalue weighted by Crippen LogP contribution is -2.36. The molecule has 3 aromatic rings. The maximum atomic E-state index is 12.8. The van der Waals surface area contributed by atoms with E-state index >= 15 is 0 Å². The number of nitrogens with zero attached hydrogens (tertiary/aromatic N) is 4. The topological polar surface area (TPSA) is 50.5 Å². The van der Waals surface area contributed by atoms with E-state index in [0.717, 1.165) is 23.6 Å². The van der Waals surface area contributed by atoms with Crippen molar-refractivity contribution in [2.75, 3.05) is 6.54 Å². The fourth-order valence-corrected chi connectivity index (χ4v) is 3.52. The summed E-state index contributed by atoms with van der Waals surface area (Å²) < 4.78 is 1.66. The molecule has 5 nitrogen and oxygen atoms in total. The first kappa shape index (κ1) is 12.5. The number of benzene rings is 1. The number of imidazole rings is 1. The predicted molar refractivity (Wildman–Crippen MR) is 80.5 cm³/mol. The number of aryl methyl sites for hydroxylation is 1. The highest BCUT2D eigenvalue weighted by molar-refractivity contribution is 7.14. The van der Waals surface area contributed by atoms with Gasteiger partial charge in [0.05, 0.1) is 5.69 Å². The Morgan fingerprint density at radius 1 is 1.29 bits per heavy atom. The summed E-state index contributed by atoms with van der Waals surface area (Å²) in [6.07, 6.45) is 0.903. The molecule has 1 aliphatic rings. The number of hydrogen-bond acceptors (Lipinski definition) is 4. The normalized spacial score (nSPS) is 14.4. The van der Waals surface area contributed by atoms with E-state index in [-0.39, 0.29) is 5.91 Å². The van der Waals surface area contributed by atoms with E-state index in [2.05, 4.69) is 28.3 Å². The Hall–Kier alpha value is -2.21. The van der Waals surface area contributed by atoms with Crippen molar-refractivity contribution in [3.05, 3.63) is 52.3 Å². The van der Waals surface area contributed by atoms with Crippen LogP contribution in [0.3, 0.4) is 0 Å². The van der Waals surface area contributed by atoms with Gasteiger partial charge in [-0.05, 0) is 24.5 Å². The average molecular weight is 298 g/mol. The van der Waals surface area contributed by atoms with Gasteiger partial charge in [-0.1, -0.05) is 35.6 Å². The molecule has 0 spiro atoms. The average Bonchev–Trinajstić information content (AvgIpc) is 3.06. The summed E-state index contributed by atoms with van der Waals surface area (Å²) in [5, 5.41) is 4.22. The van der Waals surface area contributed by atoms with Crippen molar-refractivity contribution in [2.24, 2.45) is 0 Å². The van der Waals surface area contributed by atoms with Gasteiger partial charge in [0.2, 0.25) is 4.96 Å². The molecule has 4 rings (SSSR count). The lowest BCUT2D eigenvalue weighted by atomic mass is 10.00. The lowest BCUT2D eigenvalue weighted by Gasteiger charge is -2.28. The molecule has 106 valence electrons. The highest BCUT2D eigenvalue weighted by atomic mass is 32.1. The van der Waals surface area contributed by atoms with Gasteiger partial charge in [-0.3, -0.25) is 4.79 Å². The summed E-state index contributed by atoms with van der Waals surface area (Å²) in [7, 11) is 0. The second-order valence-corrected chi connectivity index (χ2v) is 6.04. The molecule has 0 unspecified atom stereocenters. The minimum atomic E-state index is 0.0143. The van der Waals surface area contributed by atoms with Crippen LogP contribution in [0.1, 0.15) is 27.3 Å². The van der Waals surface area contributed by atoms with Crippen LogP contribution in [0.15, 0.2) is 29.8 Å². The third kappa shape index (κ3) is 1.94. The molecular formula is C15H14N4OS. The number of hydrogen-bond donors (Lipinski definition) is 0. The largest absolute Gasteiger partial charge is 0.333 e. The van der Waals surface area contributed by atoms with E-state index < -0.39 is 0 Å². The van der Waals surface area contributed by atoms with E-state index in [1.807, 2.05) is 17.9 Å². The van der Waals surface area contributed by atoms with Gasteiger partial charge in [-0.15, -0.1) is 0 Å². The SMILES string of the molecule is Cc1nc2scnn2c1C(=O)N1CCc2ccccc2C1. The van der Waals surface area contributed by atoms with Crippen molar-refractivity contribution in [1.82, 2.24) is 19.5 Å². The number of rotatable bonds is 1. The Morgan fingerprint density at radius 3 is 2.95 bits per heavy atom. The first-order valence-electron chi connectivity index (χ1n) is 6.89. The molecule has 0 bridgehead atoms. The summed E-state index contributed by atoms with van der Waals surface area (Å²) >= 11 is 1.44. The maximum absolute atomic E-state index is 12.8. The first-order chi connectivity index (χ1) is 10.2. The Bertz CT molecular complexity index is 835. The van der Waals surface area contributed by atoms with Gasteiger partial charge in [0.1, 0.15) is 5.51 Å². The molecule has 3 heterocycles. The molecule has 21 heavy (non-hydrogen) atoms. The van der Waals surface area contributed by atoms with Crippen molar-refractivity contribution in [1.29, 1.82) is 0 Å². The monoisotopic (exact) mass is 298 g/mol. The molecule has 1 aliphatic heterocycles. The van der Waals surface area contributed by atoms with Crippen molar-refractivity contribution in [2.45, 2.75) is 19.9 Å². The Kier molecular flexibility index (Phi) is 2.78. The standard InChI is InChI=1S/C15H14N4OS/c1-10-13(19-15(17-10)21-9-16-19)14(20)18-7-6-11-4-2-3-5-12(11)8-18/h2-5,9H,6-8H2,1H3. The zero-order valence-corrected chi connectivity index (χ0v) is 12.4. The minimum absolute atomic E-state index is 0.0143. The number of carbonyl (C=O) groups is 1. The van der Waals surface area contributed by atoms with Crippen LogP contribution in [-0.4, -0.2) is 31.9 Å². The van der Waals surface area contributed by atoms with Gasteiger partial charge >= 0.3 is 0 Å². The van der Waals surface area contributed by atoms with Crippen LogP contribution in [0, 0.1) is 6.92 Å². The van der Waals surface area contributed by atoms with E-state index in [1.54, 1.807) is 10.0 Å². The van der Waals surface area contributed by atoms with Crippen LogP contribution >= 0.6 is 11.3 Å². The summed E-state index contributed by atoms with van der Waals surface area (Å²) in [5.41, 5.74) is 5.62. The van der Waals surface area contributed by atoms with E-state index in [4.69, 9.17) is 0 Å². The van der Waals surface area contributed by atoms with Crippen molar-refractivity contribution < 1.29 is 4.79 Å². The molecule has 0 atom stereocenters. The van der Waals surface area contributed by atoms with Gasteiger partial charge < -0.3 is 4.90 Å². The van der Waals surface area contributed by atoms with Crippen LogP contribution in [-0.2, 0) is 13.0 Å². The highest BCUT2D eigenvalue weighted by Gasteiger charge is 2.26. The number of aromatic nitrogens is 3. The number of carbonyl (C=O) groups excluding carboxylic acids is 1. The Balaban J connectivity index is 1.70. The smallest absolute Gasteiger partial charge is 0.274 e. The third-order valence-electron chi connectivity index (χ3n) is 3.94. The van der Waals surface area contributed by atoms with Crippen LogP contribution in [0.4, 0.5) is 0 Å². The lowest BCUT2D eigenvalue weighted by molar-refractivity contribution is 0.0725. The van der Waals surface area contributed by atoms with Gasteiger partial charge in [-0.25, -0.2) is 4.98 Å². The highest BCUT2D eigenvalue weighted by Crippen LogP contribution is 2.22. The predicted octanol–water partition coefficient (Wildman–Crippen LogP) is 2.30. The molecule has 2 aromatic heterocycles. The number of amides is 1. The van der Waals surface area contributed by atoms with Crippen molar-refractivity contribution in [3.63, 3.8) is 0 Å². The van der Waals surface area contributed by atoms with Crippen molar-refractivity contribution >= 4 is 22.2 Å². The summed E-state index contributed by atoms with van der Waals surface area (Å²) in [5.74, 6) is 0.0143. The van der Waals surface area contributed by atoms with Crippen molar-refractivity contribution in [3.8, 4) is 0 Å². The van der Waals surface area contributed by atoms with Crippen LogP contribution in [0.25, 0.3) is 4.96 Å². The first-order valence-corrected chi connectivity index (χ1v) is 7.77. The van der Waals surface area contributed by atoms with Crippen LogP contribution in [0.5, 0.6) is 0 Å². The van der Waals surface area contributed by atoms with Crippen LogP contribution < -0.4 is 0 Å². The molecule has 0 saturated heterocycles. The second-order valence-electron chi connectivity index (χ2n) is 5.22.